The molecule has 2 heterocycles. The molecule has 5 heteroatoms. The summed E-state index contributed by atoms with van der Waals surface area (Å²) in [6.45, 7) is 4.06. The molecule has 124 valence electrons. The van der Waals surface area contributed by atoms with E-state index < -0.39 is 0 Å². The van der Waals surface area contributed by atoms with Crippen LogP contribution in [0, 0.1) is 13.8 Å². The second-order valence-corrected chi connectivity index (χ2v) is 7.71. The quantitative estimate of drug-likeness (QED) is 0.698. The van der Waals surface area contributed by atoms with E-state index in [2.05, 4.69) is 41.5 Å². The number of rotatable bonds is 6. The van der Waals surface area contributed by atoms with Crippen molar-refractivity contribution in [1.82, 2.24) is 10.3 Å². The number of hydrogen-bond donors (Lipinski definition) is 1. The van der Waals surface area contributed by atoms with E-state index in [0.29, 0.717) is 6.42 Å². The van der Waals surface area contributed by atoms with Gasteiger partial charge in [-0.1, -0.05) is 35.9 Å². The van der Waals surface area contributed by atoms with E-state index in [4.69, 9.17) is 0 Å². The van der Waals surface area contributed by atoms with Gasteiger partial charge in [-0.3, -0.25) is 4.79 Å². The molecular formula is C19H20N2OS2. The third kappa shape index (κ3) is 4.10. The van der Waals surface area contributed by atoms with Crippen molar-refractivity contribution in [2.75, 3.05) is 0 Å². The van der Waals surface area contributed by atoms with Crippen molar-refractivity contribution >= 4 is 28.6 Å². The SMILES string of the molecule is Cc1cccc(C(NC(=O)CCc2scnc2C)c2cccs2)c1. The van der Waals surface area contributed by atoms with Crippen LogP contribution in [0.4, 0.5) is 0 Å². The molecule has 1 amide bonds. The van der Waals surface area contributed by atoms with Gasteiger partial charge < -0.3 is 5.32 Å². The van der Waals surface area contributed by atoms with Crippen molar-refractivity contribution in [2.45, 2.75) is 32.7 Å². The Bertz CT molecular complexity index is 808. The van der Waals surface area contributed by atoms with E-state index in [1.807, 2.05) is 29.9 Å². The Kier molecular flexibility index (Phi) is 5.43. The first-order valence-corrected chi connectivity index (χ1v) is 9.67. The lowest BCUT2D eigenvalue weighted by Gasteiger charge is -2.18. The van der Waals surface area contributed by atoms with E-state index in [1.165, 1.54) is 10.4 Å². The summed E-state index contributed by atoms with van der Waals surface area (Å²) < 4.78 is 0. The van der Waals surface area contributed by atoms with Crippen LogP contribution in [0.2, 0.25) is 0 Å². The van der Waals surface area contributed by atoms with E-state index >= 15 is 0 Å². The van der Waals surface area contributed by atoms with Crippen LogP contribution in [0.15, 0.2) is 47.3 Å². The topological polar surface area (TPSA) is 42.0 Å². The van der Waals surface area contributed by atoms with E-state index in [0.717, 1.165) is 22.6 Å². The van der Waals surface area contributed by atoms with Crippen LogP contribution >= 0.6 is 22.7 Å². The molecular weight excluding hydrogens is 336 g/mol. The Morgan fingerprint density at radius 2 is 2.08 bits per heavy atom. The number of thiazole rings is 1. The van der Waals surface area contributed by atoms with Crippen LogP contribution in [-0.2, 0) is 11.2 Å². The van der Waals surface area contributed by atoms with Crippen molar-refractivity contribution in [2.24, 2.45) is 0 Å². The molecule has 0 radical (unpaired) electrons. The number of hydrogen-bond acceptors (Lipinski definition) is 4. The first kappa shape index (κ1) is 16.9. The Labute approximate surface area is 150 Å². The van der Waals surface area contributed by atoms with Crippen molar-refractivity contribution in [3.05, 3.63) is 73.9 Å². The van der Waals surface area contributed by atoms with Crippen molar-refractivity contribution in [3.8, 4) is 0 Å². The van der Waals surface area contributed by atoms with Crippen molar-refractivity contribution in [3.63, 3.8) is 0 Å². The number of carbonyl (C=O) groups is 1. The number of nitrogens with zero attached hydrogens (tertiary/aromatic N) is 1. The molecule has 0 saturated heterocycles. The van der Waals surface area contributed by atoms with Crippen LogP contribution in [0.5, 0.6) is 0 Å². The number of aryl methyl sites for hydroxylation is 3. The molecule has 1 unspecified atom stereocenters. The third-order valence-corrected chi connectivity index (χ3v) is 5.86. The minimum atomic E-state index is -0.0834. The van der Waals surface area contributed by atoms with Gasteiger partial charge in [0.15, 0.2) is 0 Å². The number of amides is 1. The summed E-state index contributed by atoms with van der Waals surface area (Å²) in [5, 5.41) is 5.25. The average Bonchev–Trinajstić information content (AvgIpc) is 3.22. The number of nitrogens with one attached hydrogen (secondary N) is 1. The molecule has 1 atom stereocenters. The number of aromatic nitrogens is 1. The van der Waals surface area contributed by atoms with Gasteiger partial charge in [-0.15, -0.1) is 22.7 Å². The van der Waals surface area contributed by atoms with Crippen molar-refractivity contribution in [1.29, 1.82) is 0 Å². The zero-order valence-electron chi connectivity index (χ0n) is 13.8. The minimum Gasteiger partial charge on any atom is -0.344 e. The van der Waals surface area contributed by atoms with Gasteiger partial charge in [0, 0.05) is 16.2 Å². The molecule has 3 aromatic rings. The Morgan fingerprint density at radius 1 is 1.21 bits per heavy atom. The van der Waals surface area contributed by atoms with Crippen LogP contribution in [-0.4, -0.2) is 10.9 Å². The molecule has 0 fully saturated rings. The maximum absolute atomic E-state index is 12.5. The van der Waals surface area contributed by atoms with Crippen molar-refractivity contribution < 1.29 is 4.79 Å². The second kappa shape index (κ2) is 7.73. The molecule has 0 aliphatic carbocycles. The predicted molar refractivity (Wildman–Crippen MR) is 101 cm³/mol. The Hall–Kier alpha value is -1.98. The summed E-state index contributed by atoms with van der Waals surface area (Å²) in [6.07, 6.45) is 1.23. The van der Waals surface area contributed by atoms with Gasteiger partial charge in [0.2, 0.25) is 5.91 Å². The second-order valence-electron chi connectivity index (χ2n) is 5.79. The highest BCUT2D eigenvalue weighted by atomic mass is 32.1. The van der Waals surface area contributed by atoms with Gasteiger partial charge in [0.05, 0.1) is 17.2 Å². The standard InChI is InChI=1S/C19H20N2OS2/c1-13-5-3-6-15(11-13)19(17-7-4-10-23-17)21-18(22)9-8-16-14(2)20-12-24-16/h3-7,10-12,19H,8-9H2,1-2H3,(H,21,22). The van der Waals surface area contributed by atoms with Gasteiger partial charge in [-0.2, -0.15) is 0 Å². The smallest absolute Gasteiger partial charge is 0.221 e. The van der Waals surface area contributed by atoms with Crippen LogP contribution < -0.4 is 5.32 Å². The zero-order chi connectivity index (χ0) is 16.9. The highest BCUT2D eigenvalue weighted by molar-refractivity contribution is 7.10. The fraction of sp³-hybridized carbons (Fsp3) is 0.263. The lowest BCUT2D eigenvalue weighted by atomic mass is 10.0. The van der Waals surface area contributed by atoms with Gasteiger partial charge in [-0.25, -0.2) is 4.98 Å². The normalized spacial score (nSPS) is 12.1. The monoisotopic (exact) mass is 356 g/mol. The molecule has 0 bridgehead atoms. The highest BCUT2D eigenvalue weighted by Gasteiger charge is 2.18. The third-order valence-electron chi connectivity index (χ3n) is 3.93. The largest absolute Gasteiger partial charge is 0.344 e. The summed E-state index contributed by atoms with van der Waals surface area (Å²) >= 11 is 3.29. The summed E-state index contributed by atoms with van der Waals surface area (Å²) in [4.78, 5) is 19.1. The van der Waals surface area contributed by atoms with E-state index in [9.17, 15) is 4.79 Å². The molecule has 0 saturated carbocycles. The zero-order valence-corrected chi connectivity index (χ0v) is 15.4. The van der Waals surface area contributed by atoms with Gasteiger partial charge in [-0.05, 0) is 37.3 Å². The lowest BCUT2D eigenvalue weighted by molar-refractivity contribution is -0.121. The van der Waals surface area contributed by atoms with Gasteiger partial charge >= 0.3 is 0 Å². The van der Waals surface area contributed by atoms with E-state index in [-0.39, 0.29) is 11.9 Å². The fourth-order valence-corrected chi connectivity index (χ4v) is 4.23. The number of benzene rings is 1. The van der Waals surface area contributed by atoms with Gasteiger partial charge in [0.25, 0.3) is 0 Å². The maximum atomic E-state index is 12.5. The van der Waals surface area contributed by atoms with E-state index in [1.54, 1.807) is 22.7 Å². The number of carbonyl (C=O) groups excluding carboxylic acids is 1. The molecule has 3 rings (SSSR count). The maximum Gasteiger partial charge on any atom is 0.221 e. The molecule has 0 aliphatic rings. The average molecular weight is 357 g/mol. The molecule has 2 aromatic heterocycles. The predicted octanol–water partition coefficient (Wildman–Crippen LogP) is 4.66. The molecule has 1 N–H and O–H groups in total. The van der Waals surface area contributed by atoms with Crippen LogP contribution in [0.3, 0.4) is 0 Å². The first-order valence-electron chi connectivity index (χ1n) is 7.92. The summed E-state index contributed by atoms with van der Waals surface area (Å²) in [6, 6.07) is 12.3. The van der Waals surface area contributed by atoms with Gasteiger partial charge in [0.1, 0.15) is 0 Å². The molecule has 0 aliphatic heterocycles. The fourth-order valence-electron chi connectivity index (χ4n) is 2.65. The summed E-state index contributed by atoms with van der Waals surface area (Å²) in [5.41, 5.74) is 5.19. The Balaban J connectivity index is 1.72. The first-order chi connectivity index (χ1) is 11.6. The minimum absolute atomic E-state index is 0.0720. The molecule has 24 heavy (non-hydrogen) atoms. The molecule has 3 nitrogen and oxygen atoms in total. The lowest BCUT2D eigenvalue weighted by Crippen LogP contribution is -2.29. The summed E-state index contributed by atoms with van der Waals surface area (Å²) in [5.74, 6) is 0.0720. The highest BCUT2D eigenvalue weighted by Crippen LogP contribution is 2.27. The Morgan fingerprint density at radius 3 is 2.75 bits per heavy atom. The summed E-state index contributed by atoms with van der Waals surface area (Å²) in [7, 11) is 0. The molecule has 0 spiro atoms. The van der Waals surface area contributed by atoms with Crippen LogP contribution in [0.1, 0.15) is 39.0 Å². The molecule has 1 aromatic carbocycles. The van der Waals surface area contributed by atoms with Crippen LogP contribution in [0.25, 0.3) is 0 Å². The number of thiophene rings is 1.